The number of hydrogen-bond donors (Lipinski definition) is 0. The van der Waals surface area contributed by atoms with Crippen LogP contribution in [-0.4, -0.2) is 19.1 Å². The van der Waals surface area contributed by atoms with Gasteiger partial charge < -0.3 is 4.74 Å². The zero-order valence-electron chi connectivity index (χ0n) is 14.4. The van der Waals surface area contributed by atoms with Gasteiger partial charge in [-0.25, -0.2) is 0 Å². The molecule has 0 N–H and O–H groups in total. The summed E-state index contributed by atoms with van der Waals surface area (Å²) in [6, 6.07) is 0. The van der Waals surface area contributed by atoms with Crippen molar-refractivity contribution in [3.63, 3.8) is 0 Å². The summed E-state index contributed by atoms with van der Waals surface area (Å²) in [7, 11) is 0. The third-order valence-corrected chi connectivity index (χ3v) is 3.54. The number of halogens is 1. The molecule has 124 valence electrons. The number of rotatable bonds is 14. The van der Waals surface area contributed by atoms with Gasteiger partial charge in [-0.05, 0) is 19.3 Å². The Kier molecular flexibility index (Phi) is 27.4. The molecule has 1 nitrogen and oxygen atoms in total. The fourth-order valence-corrected chi connectivity index (χ4v) is 2.07. The van der Waals surface area contributed by atoms with Gasteiger partial charge >= 0.3 is 0 Å². The Balaban J connectivity index is 0. The smallest absolute Gasteiger partial charge is 0.0466 e. The van der Waals surface area contributed by atoms with Crippen LogP contribution in [0.4, 0.5) is 0 Å². The molecule has 0 aliphatic carbocycles. The van der Waals surface area contributed by atoms with Crippen LogP contribution in [0.5, 0.6) is 0 Å². The molecule has 0 fully saturated rings. The van der Waals surface area contributed by atoms with E-state index in [9.17, 15) is 0 Å². The second-order valence-electron chi connectivity index (χ2n) is 5.48. The minimum Gasteiger partial charge on any atom is -0.381 e. The molecule has 0 unspecified atom stereocenters. The standard InChI is InChI=1S/C12H26O.C6H13Cl/c1-3-5-7-9-11-13-12-10-8-6-4-2;1-2-3-4-5-6-7/h3-12H2,1-2H3;2-6H2,1H3. The Hall–Kier alpha value is 0.250. The van der Waals surface area contributed by atoms with E-state index in [4.69, 9.17) is 16.3 Å². The Morgan fingerprint density at radius 2 is 0.950 bits per heavy atom. The Morgan fingerprint density at radius 3 is 1.30 bits per heavy atom. The minimum atomic E-state index is 0.833. The summed E-state index contributed by atoms with van der Waals surface area (Å²) in [6.07, 6.45) is 15.7. The van der Waals surface area contributed by atoms with Crippen LogP contribution in [0.3, 0.4) is 0 Å². The lowest BCUT2D eigenvalue weighted by molar-refractivity contribution is 0.126. The summed E-state index contributed by atoms with van der Waals surface area (Å²) in [4.78, 5) is 0. The molecule has 0 saturated heterocycles. The number of hydrogen-bond acceptors (Lipinski definition) is 1. The lowest BCUT2D eigenvalue weighted by Gasteiger charge is -2.03. The van der Waals surface area contributed by atoms with E-state index >= 15 is 0 Å². The van der Waals surface area contributed by atoms with E-state index < -0.39 is 0 Å². The average Bonchev–Trinajstić information content (AvgIpc) is 2.47. The predicted molar refractivity (Wildman–Crippen MR) is 94.0 cm³/mol. The molecule has 20 heavy (non-hydrogen) atoms. The molecule has 0 bridgehead atoms. The number of unbranched alkanes of at least 4 members (excludes halogenated alkanes) is 9. The highest BCUT2D eigenvalue weighted by Crippen LogP contribution is 2.01. The summed E-state index contributed by atoms with van der Waals surface area (Å²) in [5.74, 6) is 0.833. The Labute approximate surface area is 133 Å². The molecule has 0 aromatic rings. The van der Waals surface area contributed by atoms with Gasteiger partial charge in [0, 0.05) is 19.1 Å². The van der Waals surface area contributed by atoms with Crippen LogP contribution >= 0.6 is 11.6 Å². The van der Waals surface area contributed by atoms with Crippen LogP contribution in [0.15, 0.2) is 0 Å². The zero-order chi connectivity index (χ0) is 15.3. The van der Waals surface area contributed by atoms with Gasteiger partial charge in [0.05, 0.1) is 0 Å². The largest absolute Gasteiger partial charge is 0.381 e. The first-order valence-electron chi connectivity index (χ1n) is 8.97. The van der Waals surface area contributed by atoms with Crippen molar-refractivity contribution in [2.24, 2.45) is 0 Å². The van der Waals surface area contributed by atoms with Crippen LogP contribution in [-0.2, 0) is 4.74 Å². The zero-order valence-corrected chi connectivity index (χ0v) is 15.1. The topological polar surface area (TPSA) is 9.23 Å². The van der Waals surface area contributed by atoms with Gasteiger partial charge in [-0.15, -0.1) is 11.6 Å². The van der Waals surface area contributed by atoms with E-state index in [1.807, 2.05) is 0 Å². The first-order chi connectivity index (χ1) is 9.83. The molecule has 0 radical (unpaired) electrons. The number of ether oxygens (including phenoxy) is 1. The molecule has 0 atom stereocenters. The van der Waals surface area contributed by atoms with Gasteiger partial charge in [0.25, 0.3) is 0 Å². The van der Waals surface area contributed by atoms with Crippen molar-refractivity contribution in [2.75, 3.05) is 19.1 Å². The lowest BCUT2D eigenvalue weighted by Crippen LogP contribution is -1.96. The monoisotopic (exact) mass is 306 g/mol. The predicted octanol–water partition coefficient (Wildman–Crippen LogP) is 6.97. The third kappa shape index (κ3) is 26.7. The van der Waals surface area contributed by atoms with Crippen molar-refractivity contribution in [1.82, 2.24) is 0 Å². The number of alkyl halides is 1. The van der Waals surface area contributed by atoms with Crippen LogP contribution in [0.1, 0.15) is 97.8 Å². The van der Waals surface area contributed by atoms with Crippen LogP contribution in [0, 0.1) is 0 Å². The Bertz CT molecular complexity index is 125. The maximum absolute atomic E-state index is 5.53. The highest BCUT2D eigenvalue weighted by Gasteiger charge is 1.90. The van der Waals surface area contributed by atoms with E-state index in [1.54, 1.807) is 0 Å². The van der Waals surface area contributed by atoms with E-state index in [-0.39, 0.29) is 0 Å². The van der Waals surface area contributed by atoms with Crippen molar-refractivity contribution in [1.29, 1.82) is 0 Å². The van der Waals surface area contributed by atoms with E-state index in [0.29, 0.717) is 0 Å². The van der Waals surface area contributed by atoms with Crippen LogP contribution < -0.4 is 0 Å². The first-order valence-corrected chi connectivity index (χ1v) is 9.50. The molecule has 0 spiro atoms. The van der Waals surface area contributed by atoms with Gasteiger partial charge in [-0.1, -0.05) is 78.6 Å². The van der Waals surface area contributed by atoms with Gasteiger partial charge in [-0.2, -0.15) is 0 Å². The lowest BCUT2D eigenvalue weighted by atomic mass is 10.2. The minimum absolute atomic E-state index is 0.833. The fraction of sp³-hybridized carbons (Fsp3) is 1.00. The average molecular weight is 307 g/mol. The SMILES string of the molecule is CCCCCCCl.CCCCCCOCCCCCC. The van der Waals surface area contributed by atoms with E-state index in [2.05, 4.69) is 20.8 Å². The van der Waals surface area contributed by atoms with Gasteiger partial charge in [0.2, 0.25) is 0 Å². The molecule has 0 aromatic heterocycles. The quantitative estimate of drug-likeness (QED) is 0.249. The molecule has 0 amide bonds. The van der Waals surface area contributed by atoms with Gasteiger partial charge in [0.15, 0.2) is 0 Å². The van der Waals surface area contributed by atoms with Crippen molar-refractivity contribution in [2.45, 2.75) is 97.8 Å². The molecule has 0 heterocycles. The maximum Gasteiger partial charge on any atom is 0.0466 e. The fourth-order valence-electron chi connectivity index (χ4n) is 1.89. The molecule has 0 aliphatic heterocycles. The van der Waals surface area contributed by atoms with Gasteiger partial charge in [-0.3, -0.25) is 0 Å². The van der Waals surface area contributed by atoms with E-state index in [1.165, 1.54) is 77.0 Å². The first kappa shape index (κ1) is 22.5. The highest BCUT2D eigenvalue weighted by atomic mass is 35.5. The van der Waals surface area contributed by atoms with Crippen LogP contribution in [0.25, 0.3) is 0 Å². The highest BCUT2D eigenvalue weighted by molar-refractivity contribution is 6.17. The van der Waals surface area contributed by atoms with Crippen molar-refractivity contribution < 1.29 is 4.74 Å². The van der Waals surface area contributed by atoms with Crippen molar-refractivity contribution in [3.05, 3.63) is 0 Å². The Morgan fingerprint density at radius 1 is 0.550 bits per heavy atom. The molecular weight excluding hydrogens is 268 g/mol. The summed E-state index contributed by atoms with van der Waals surface area (Å²) in [5, 5.41) is 0. The molecule has 0 rings (SSSR count). The normalized spacial score (nSPS) is 10.2. The molecule has 0 aromatic carbocycles. The summed E-state index contributed by atoms with van der Waals surface area (Å²) < 4.78 is 5.53. The van der Waals surface area contributed by atoms with E-state index in [0.717, 1.165) is 19.1 Å². The summed E-state index contributed by atoms with van der Waals surface area (Å²) >= 11 is 5.44. The summed E-state index contributed by atoms with van der Waals surface area (Å²) in [5.41, 5.74) is 0. The molecule has 0 saturated carbocycles. The van der Waals surface area contributed by atoms with Crippen molar-refractivity contribution >= 4 is 11.6 Å². The third-order valence-electron chi connectivity index (χ3n) is 3.27. The molecule has 2 heteroatoms. The molecular formula is C18H39ClO. The summed E-state index contributed by atoms with van der Waals surface area (Å²) in [6.45, 7) is 8.64. The second-order valence-corrected chi connectivity index (χ2v) is 5.86. The molecule has 0 aliphatic rings. The van der Waals surface area contributed by atoms with Gasteiger partial charge in [0.1, 0.15) is 0 Å². The maximum atomic E-state index is 5.53. The van der Waals surface area contributed by atoms with Crippen molar-refractivity contribution in [3.8, 4) is 0 Å². The second kappa shape index (κ2) is 24.3. The van der Waals surface area contributed by atoms with Crippen LogP contribution in [0.2, 0.25) is 0 Å².